The molecule has 0 unspecified atom stereocenters. The average Bonchev–Trinajstić information content (AvgIpc) is 3.06. The van der Waals surface area contributed by atoms with Crippen molar-refractivity contribution in [2.75, 3.05) is 5.73 Å². The van der Waals surface area contributed by atoms with Crippen molar-refractivity contribution in [3.63, 3.8) is 0 Å². The topological polar surface area (TPSA) is 81.1 Å². The van der Waals surface area contributed by atoms with Gasteiger partial charge in [0.1, 0.15) is 6.26 Å². The van der Waals surface area contributed by atoms with E-state index in [-0.39, 0.29) is 11.6 Å². The van der Waals surface area contributed by atoms with Crippen molar-refractivity contribution in [3.8, 4) is 11.5 Å². The van der Waals surface area contributed by atoms with Gasteiger partial charge in [0.05, 0.1) is 15.6 Å². The first-order chi connectivity index (χ1) is 11.5. The van der Waals surface area contributed by atoms with E-state index in [2.05, 4.69) is 10.3 Å². The lowest BCUT2D eigenvalue weighted by molar-refractivity contribution is 0.0946. The Labute approximate surface area is 148 Å². The molecule has 7 heteroatoms. The highest BCUT2D eigenvalue weighted by atomic mass is 35.5. The lowest BCUT2D eigenvalue weighted by atomic mass is 10.2. The number of hydrogen-bond acceptors (Lipinski definition) is 4. The maximum atomic E-state index is 12.2. The van der Waals surface area contributed by atoms with E-state index in [1.54, 1.807) is 30.3 Å². The molecule has 0 spiro atoms. The Morgan fingerprint density at radius 2 is 1.96 bits per heavy atom. The Morgan fingerprint density at radius 3 is 2.71 bits per heavy atom. The summed E-state index contributed by atoms with van der Waals surface area (Å²) in [7, 11) is 0. The molecule has 1 heterocycles. The largest absolute Gasteiger partial charge is 0.444 e. The number of nitrogens with one attached hydrogen (secondary N) is 1. The summed E-state index contributed by atoms with van der Waals surface area (Å²) < 4.78 is 5.35. The molecule has 0 fully saturated rings. The molecule has 0 saturated carbocycles. The van der Waals surface area contributed by atoms with Crippen molar-refractivity contribution in [2.45, 2.75) is 6.54 Å². The monoisotopic (exact) mass is 361 g/mol. The Balaban J connectivity index is 1.70. The van der Waals surface area contributed by atoms with Gasteiger partial charge in [-0.3, -0.25) is 4.79 Å². The van der Waals surface area contributed by atoms with Gasteiger partial charge in [-0.2, -0.15) is 0 Å². The number of hydrogen-bond donors (Lipinski definition) is 2. The third-order valence-electron chi connectivity index (χ3n) is 3.37. The third kappa shape index (κ3) is 3.53. The molecule has 0 aliphatic rings. The molecule has 3 aromatic rings. The number of amides is 1. The second-order valence-electron chi connectivity index (χ2n) is 5.06. The number of nitrogen functional groups attached to an aromatic ring is 1. The average molecular weight is 362 g/mol. The third-order valence-corrected chi connectivity index (χ3v) is 4.10. The number of halogens is 2. The minimum Gasteiger partial charge on any atom is -0.444 e. The van der Waals surface area contributed by atoms with Gasteiger partial charge in [0.15, 0.2) is 5.69 Å². The molecule has 0 radical (unpaired) electrons. The van der Waals surface area contributed by atoms with Crippen LogP contribution in [-0.4, -0.2) is 10.9 Å². The van der Waals surface area contributed by atoms with Gasteiger partial charge in [0.25, 0.3) is 5.91 Å². The number of oxazole rings is 1. The van der Waals surface area contributed by atoms with Crippen LogP contribution in [0.15, 0.2) is 53.1 Å². The zero-order chi connectivity index (χ0) is 17.1. The van der Waals surface area contributed by atoms with E-state index in [0.29, 0.717) is 33.7 Å². The lowest BCUT2D eigenvalue weighted by Gasteiger charge is -2.04. The first-order valence-corrected chi connectivity index (χ1v) is 7.82. The predicted octanol–water partition coefficient (Wildman–Crippen LogP) is 4.16. The Bertz CT molecular complexity index is 893. The summed E-state index contributed by atoms with van der Waals surface area (Å²) in [4.78, 5) is 16.4. The van der Waals surface area contributed by atoms with Crippen LogP contribution in [0, 0.1) is 0 Å². The van der Waals surface area contributed by atoms with Crippen LogP contribution in [0.5, 0.6) is 0 Å². The van der Waals surface area contributed by atoms with Crippen LogP contribution in [0.4, 0.5) is 5.69 Å². The Hall–Kier alpha value is -2.50. The highest BCUT2D eigenvalue weighted by Crippen LogP contribution is 2.25. The molecule has 0 aliphatic heterocycles. The quantitative estimate of drug-likeness (QED) is 0.683. The van der Waals surface area contributed by atoms with E-state index in [4.69, 9.17) is 33.4 Å². The van der Waals surface area contributed by atoms with Crippen LogP contribution in [0.3, 0.4) is 0 Å². The van der Waals surface area contributed by atoms with Gasteiger partial charge in [-0.15, -0.1) is 0 Å². The standard InChI is InChI=1S/C17H13Cl2N3O2/c18-12-6-5-10(7-13(12)19)8-21-16(23)15-9-24-17(22-15)11-3-1-2-4-14(11)20/h1-7,9H,8,20H2,(H,21,23). The van der Waals surface area contributed by atoms with E-state index in [9.17, 15) is 4.79 Å². The molecule has 0 bridgehead atoms. The molecule has 1 amide bonds. The van der Waals surface area contributed by atoms with E-state index >= 15 is 0 Å². The molecule has 0 atom stereocenters. The van der Waals surface area contributed by atoms with E-state index in [0.717, 1.165) is 5.56 Å². The first kappa shape index (κ1) is 16.4. The normalized spacial score (nSPS) is 10.6. The molecule has 24 heavy (non-hydrogen) atoms. The minimum atomic E-state index is -0.356. The van der Waals surface area contributed by atoms with Gasteiger partial charge in [0.2, 0.25) is 5.89 Å². The summed E-state index contributed by atoms with van der Waals surface area (Å²) in [6.45, 7) is 0.297. The van der Waals surface area contributed by atoms with Crippen LogP contribution in [0.25, 0.3) is 11.5 Å². The number of rotatable bonds is 4. The number of nitrogens with two attached hydrogens (primary N) is 1. The molecular weight excluding hydrogens is 349 g/mol. The summed E-state index contributed by atoms with van der Waals surface area (Å²) in [5.41, 5.74) is 8.05. The number of benzene rings is 2. The number of carbonyl (C=O) groups is 1. The van der Waals surface area contributed by atoms with Gasteiger partial charge >= 0.3 is 0 Å². The van der Waals surface area contributed by atoms with Crippen LogP contribution in [0.2, 0.25) is 10.0 Å². The summed E-state index contributed by atoms with van der Waals surface area (Å²) in [6.07, 6.45) is 1.30. The molecule has 3 N–H and O–H groups in total. The lowest BCUT2D eigenvalue weighted by Crippen LogP contribution is -2.23. The zero-order valence-electron chi connectivity index (χ0n) is 12.4. The van der Waals surface area contributed by atoms with E-state index < -0.39 is 0 Å². The van der Waals surface area contributed by atoms with Gasteiger partial charge in [-0.1, -0.05) is 41.4 Å². The van der Waals surface area contributed by atoms with E-state index in [1.807, 2.05) is 12.1 Å². The molecule has 1 aromatic heterocycles. The summed E-state index contributed by atoms with van der Waals surface area (Å²) in [5.74, 6) is -0.0571. The molecule has 3 rings (SSSR count). The van der Waals surface area contributed by atoms with Crippen molar-refractivity contribution in [1.29, 1.82) is 0 Å². The molecule has 5 nitrogen and oxygen atoms in total. The highest BCUT2D eigenvalue weighted by molar-refractivity contribution is 6.42. The molecule has 122 valence electrons. The maximum Gasteiger partial charge on any atom is 0.273 e. The number of carbonyl (C=O) groups excluding carboxylic acids is 1. The second kappa shape index (κ2) is 6.95. The minimum absolute atomic E-state index is 0.174. The van der Waals surface area contributed by atoms with E-state index in [1.165, 1.54) is 6.26 Å². The fourth-order valence-corrected chi connectivity index (χ4v) is 2.44. The number of para-hydroxylation sites is 1. The fourth-order valence-electron chi connectivity index (χ4n) is 2.12. The summed E-state index contributed by atoms with van der Waals surface area (Å²) in [5, 5.41) is 3.65. The van der Waals surface area contributed by atoms with Gasteiger partial charge in [-0.05, 0) is 29.8 Å². The molecule has 2 aromatic carbocycles. The molecule has 0 saturated heterocycles. The first-order valence-electron chi connectivity index (χ1n) is 7.07. The molecule has 0 aliphatic carbocycles. The number of aromatic nitrogens is 1. The van der Waals surface area contributed by atoms with Crippen LogP contribution < -0.4 is 11.1 Å². The second-order valence-corrected chi connectivity index (χ2v) is 5.87. The van der Waals surface area contributed by atoms with Crippen LogP contribution in [0.1, 0.15) is 16.1 Å². The van der Waals surface area contributed by atoms with Crippen LogP contribution >= 0.6 is 23.2 Å². The highest BCUT2D eigenvalue weighted by Gasteiger charge is 2.14. The predicted molar refractivity (Wildman–Crippen MR) is 94.0 cm³/mol. The van der Waals surface area contributed by atoms with Crippen molar-refractivity contribution < 1.29 is 9.21 Å². The summed E-state index contributed by atoms with van der Waals surface area (Å²) in [6, 6.07) is 12.3. The van der Waals surface area contributed by atoms with Gasteiger partial charge in [0, 0.05) is 12.2 Å². The number of nitrogens with zero attached hydrogens (tertiary/aromatic N) is 1. The summed E-state index contributed by atoms with van der Waals surface area (Å²) >= 11 is 11.8. The Morgan fingerprint density at radius 1 is 1.17 bits per heavy atom. The SMILES string of the molecule is Nc1ccccc1-c1nc(C(=O)NCc2ccc(Cl)c(Cl)c2)co1. The van der Waals surface area contributed by atoms with Crippen molar-refractivity contribution >= 4 is 34.8 Å². The zero-order valence-corrected chi connectivity index (χ0v) is 13.9. The van der Waals surface area contributed by atoms with Gasteiger partial charge in [-0.25, -0.2) is 4.98 Å². The number of anilines is 1. The Kier molecular flexibility index (Phi) is 4.74. The van der Waals surface area contributed by atoms with Crippen molar-refractivity contribution in [2.24, 2.45) is 0 Å². The molecular formula is C17H13Cl2N3O2. The van der Waals surface area contributed by atoms with Crippen molar-refractivity contribution in [3.05, 3.63) is 70.0 Å². The van der Waals surface area contributed by atoms with Crippen molar-refractivity contribution in [1.82, 2.24) is 10.3 Å². The van der Waals surface area contributed by atoms with Crippen LogP contribution in [-0.2, 0) is 6.54 Å². The smallest absolute Gasteiger partial charge is 0.273 e. The maximum absolute atomic E-state index is 12.2. The fraction of sp³-hybridized carbons (Fsp3) is 0.0588. The van der Waals surface area contributed by atoms with Gasteiger partial charge < -0.3 is 15.5 Å².